The third kappa shape index (κ3) is 3.95. The van der Waals surface area contributed by atoms with Gasteiger partial charge in [-0.3, -0.25) is 4.79 Å². The van der Waals surface area contributed by atoms with Gasteiger partial charge in [0.2, 0.25) is 0 Å². The van der Waals surface area contributed by atoms with E-state index in [9.17, 15) is 4.79 Å². The molecule has 0 saturated heterocycles. The summed E-state index contributed by atoms with van der Waals surface area (Å²) in [6.45, 7) is 6.50. The Morgan fingerprint density at radius 3 is 2.20 bits per heavy atom. The van der Waals surface area contributed by atoms with E-state index in [0.717, 1.165) is 12.8 Å². The van der Waals surface area contributed by atoms with Crippen LogP contribution in [0.4, 0.5) is 0 Å². The fraction of sp³-hybridized carbons (Fsp3) is 0.909. The minimum atomic E-state index is -1.50. The molecule has 4 heteroatoms. The molecule has 0 bridgehead atoms. The molecular weight excluding hydrogens is 206 g/mol. The molecule has 0 atom stereocenters. The lowest BCUT2D eigenvalue weighted by Gasteiger charge is -2.30. The molecule has 1 fully saturated rings. The van der Waals surface area contributed by atoms with E-state index in [1.54, 1.807) is 4.73 Å². The van der Waals surface area contributed by atoms with Gasteiger partial charge in [0.15, 0.2) is 8.24 Å². The van der Waals surface area contributed by atoms with Gasteiger partial charge in [-0.1, -0.05) is 38.9 Å². The average Bonchev–Trinajstić information content (AvgIpc) is 2.17. The van der Waals surface area contributed by atoms with Crippen LogP contribution in [0.15, 0.2) is 0 Å². The Labute approximate surface area is 93.8 Å². The van der Waals surface area contributed by atoms with Crippen LogP contribution in [-0.2, 0) is 9.63 Å². The smallest absolute Gasteiger partial charge is 0.327 e. The standard InChI is InChI=1S/C11H23NO2Si/c1-12(15(2,3)4)14-11(13)10-8-6-5-7-9-10/h10H,5-9H2,1-4H3. The fourth-order valence-electron chi connectivity index (χ4n) is 1.68. The molecule has 3 nitrogen and oxygen atoms in total. The zero-order chi connectivity index (χ0) is 11.5. The van der Waals surface area contributed by atoms with Crippen molar-refractivity contribution in [2.75, 3.05) is 7.05 Å². The number of hydroxylamine groups is 1. The average molecular weight is 229 g/mol. The molecule has 0 aliphatic heterocycles. The van der Waals surface area contributed by atoms with E-state index < -0.39 is 8.24 Å². The molecule has 1 aliphatic carbocycles. The molecule has 0 amide bonds. The highest BCUT2D eigenvalue weighted by Gasteiger charge is 2.28. The summed E-state index contributed by atoms with van der Waals surface area (Å²) in [5, 5.41) is 0. The van der Waals surface area contributed by atoms with Crippen LogP contribution in [0.3, 0.4) is 0 Å². The third-order valence-corrected chi connectivity index (χ3v) is 5.09. The van der Waals surface area contributed by atoms with Crippen LogP contribution >= 0.6 is 0 Å². The molecule has 15 heavy (non-hydrogen) atoms. The lowest BCUT2D eigenvalue weighted by atomic mass is 9.89. The first-order valence-corrected chi connectivity index (χ1v) is 9.31. The van der Waals surface area contributed by atoms with E-state index in [1.165, 1.54) is 19.3 Å². The molecule has 0 spiro atoms. The monoisotopic (exact) mass is 229 g/mol. The summed E-state index contributed by atoms with van der Waals surface area (Å²) >= 11 is 0. The highest BCUT2D eigenvalue weighted by Crippen LogP contribution is 2.25. The van der Waals surface area contributed by atoms with Gasteiger partial charge in [-0.2, -0.15) is 4.73 Å². The summed E-state index contributed by atoms with van der Waals surface area (Å²) in [6, 6.07) is 0. The van der Waals surface area contributed by atoms with Crippen molar-refractivity contribution < 1.29 is 9.63 Å². The Hall–Kier alpha value is -0.353. The Morgan fingerprint density at radius 1 is 1.20 bits per heavy atom. The lowest BCUT2D eigenvalue weighted by molar-refractivity contribution is -0.174. The third-order valence-electron chi connectivity index (χ3n) is 3.11. The number of rotatable bonds is 3. The van der Waals surface area contributed by atoms with Crippen molar-refractivity contribution in [3.05, 3.63) is 0 Å². The molecule has 0 N–H and O–H groups in total. The van der Waals surface area contributed by atoms with Crippen LogP contribution in [0.25, 0.3) is 0 Å². The molecule has 0 radical (unpaired) electrons. The van der Waals surface area contributed by atoms with Crippen molar-refractivity contribution in [3.63, 3.8) is 0 Å². The van der Waals surface area contributed by atoms with Gasteiger partial charge in [-0.25, -0.2) is 0 Å². The second-order valence-electron chi connectivity index (χ2n) is 5.41. The topological polar surface area (TPSA) is 29.5 Å². The highest BCUT2D eigenvalue weighted by molar-refractivity contribution is 6.73. The maximum absolute atomic E-state index is 11.8. The van der Waals surface area contributed by atoms with Crippen LogP contribution in [0.1, 0.15) is 32.1 Å². The van der Waals surface area contributed by atoms with Crippen LogP contribution in [0, 0.1) is 5.92 Å². The van der Waals surface area contributed by atoms with E-state index in [-0.39, 0.29) is 11.9 Å². The van der Waals surface area contributed by atoms with Gasteiger partial charge in [0, 0.05) is 7.05 Å². The van der Waals surface area contributed by atoms with Crippen molar-refractivity contribution in [2.24, 2.45) is 5.92 Å². The van der Waals surface area contributed by atoms with Crippen LogP contribution < -0.4 is 0 Å². The maximum Gasteiger partial charge on any atom is 0.327 e. The van der Waals surface area contributed by atoms with Crippen LogP contribution in [0.2, 0.25) is 19.6 Å². The summed E-state index contributed by atoms with van der Waals surface area (Å²) in [5.41, 5.74) is 0. The number of hydrogen-bond acceptors (Lipinski definition) is 3. The van der Waals surface area contributed by atoms with Crippen molar-refractivity contribution in [1.29, 1.82) is 0 Å². The summed E-state index contributed by atoms with van der Waals surface area (Å²) < 4.78 is 1.80. The summed E-state index contributed by atoms with van der Waals surface area (Å²) in [7, 11) is 0.385. The zero-order valence-corrected chi connectivity index (χ0v) is 11.4. The minimum Gasteiger partial charge on any atom is -0.375 e. The van der Waals surface area contributed by atoms with Crippen LogP contribution in [0.5, 0.6) is 0 Å². The van der Waals surface area contributed by atoms with E-state index >= 15 is 0 Å². The molecular formula is C11H23NO2Si. The van der Waals surface area contributed by atoms with Gasteiger partial charge >= 0.3 is 5.97 Å². The Balaban J connectivity index is 2.40. The van der Waals surface area contributed by atoms with Crippen molar-refractivity contribution >= 4 is 14.2 Å². The lowest BCUT2D eigenvalue weighted by Crippen LogP contribution is -2.45. The van der Waals surface area contributed by atoms with E-state index in [0.29, 0.717) is 0 Å². The molecule has 0 unspecified atom stereocenters. The van der Waals surface area contributed by atoms with E-state index in [4.69, 9.17) is 4.84 Å². The number of carbonyl (C=O) groups excluding carboxylic acids is 1. The predicted molar refractivity (Wildman–Crippen MR) is 63.8 cm³/mol. The number of nitrogens with zero attached hydrogens (tertiary/aromatic N) is 1. The van der Waals surface area contributed by atoms with E-state index in [1.807, 2.05) is 7.05 Å². The van der Waals surface area contributed by atoms with Gasteiger partial charge in [-0.15, -0.1) is 0 Å². The molecule has 0 aromatic heterocycles. The molecule has 0 heterocycles. The van der Waals surface area contributed by atoms with Gasteiger partial charge < -0.3 is 4.84 Å². The molecule has 88 valence electrons. The van der Waals surface area contributed by atoms with Gasteiger partial charge in [0.05, 0.1) is 5.92 Å². The summed E-state index contributed by atoms with van der Waals surface area (Å²) in [4.78, 5) is 17.2. The first-order chi connectivity index (χ1) is 6.91. The number of hydrogen-bond donors (Lipinski definition) is 0. The predicted octanol–water partition coefficient (Wildman–Crippen LogP) is 2.79. The molecule has 0 aromatic carbocycles. The largest absolute Gasteiger partial charge is 0.375 e. The van der Waals surface area contributed by atoms with Gasteiger partial charge in [0.25, 0.3) is 0 Å². The zero-order valence-electron chi connectivity index (χ0n) is 10.4. The molecule has 1 saturated carbocycles. The van der Waals surface area contributed by atoms with Crippen molar-refractivity contribution in [1.82, 2.24) is 4.73 Å². The van der Waals surface area contributed by atoms with Crippen molar-refractivity contribution in [3.8, 4) is 0 Å². The Kier molecular flexibility index (Phi) is 4.34. The number of carbonyl (C=O) groups is 1. The van der Waals surface area contributed by atoms with Crippen molar-refractivity contribution in [2.45, 2.75) is 51.7 Å². The minimum absolute atomic E-state index is 0.0142. The van der Waals surface area contributed by atoms with Gasteiger partial charge in [0.1, 0.15) is 0 Å². The SMILES string of the molecule is CN(OC(=O)C1CCCCC1)[Si](C)(C)C. The van der Waals surface area contributed by atoms with Gasteiger partial charge in [-0.05, 0) is 12.8 Å². The summed E-state index contributed by atoms with van der Waals surface area (Å²) in [5.74, 6) is 0.136. The fourth-order valence-corrected chi connectivity index (χ4v) is 2.05. The van der Waals surface area contributed by atoms with Crippen LogP contribution in [-0.4, -0.2) is 26.0 Å². The first kappa shape index (κ1) is 12.7. The second kappa shape index (κ2) is 5.12. The maximum atomic E-state index is 11.8. The molecule has 0 aromatic rings. The van der Waals surface area contributed by atoms with E-state index in [2.05, 4.69) is 19.6 Å². The second-order valence-corrected chi connectivity index (χ2v) is 10.4. The molecule has 1 rings (SSSR count). The quantitative estimate of drug-likeness (QED) is 0.550. The Bertz CT molecular complexity index is 219. The highest BCUT2D eigenvalue weighted by atomic mass is 28.3. The first-order valence-electron chi connectivity index (χ1n) is 5.87. The molecule has 1 aliphatic rings. The normalized spacial score (nSPS) is 19.3. The summed E-state index contributed by atoms with van der Waals surface area (Å²) in [6.07, 6.45) is 5.65. The Morgan fingerprint density at radius 2 is 1.73 bits per heavy atom.